The van der Waals surface area contributed by atoms with Gasteiger partial charge in [-0.15, -0.1) is 0 Å². The Morgan fingerprint density at radius 3 is 2.44 bits per heavy atom. The maximum absolute atomic E-state index is 12.2. The lowest BCUT2D eigenvalue weighted by atomic mass is 10.1. The van der Waals surface area contributed by atoms with Crippen LogP contribution in [0.5, 0.6) is 5.75 Å². The van der Waals surface area contributed by atoms with Crippen molar-refractivity contribution < 1.29 is 9.53 Å². The van der Waals surface area contributed by atoms with Gasteiger partial charge in [0.15, 0.2) is 0 Å². The van der Waals surface area contributed by atoms with Gasteiger partial charge < -0.3 is 14.6 Å². The second-order valence-electron chi connectivity index (χ2n) is 9.16. The minimum Gasteiger partial charge on any atom is -0.493 e. The van der Waals surface area contributed by atoms with Crippen molar-refractivity contribution in [2.45, 2.75) is 52.5 Å². The number of amides is 1. The number of hydrogen-bond acceptors (Lipinski definition) is 3. The van der Waals surface area contributed by atoms with Crippen LogP contribution in [-0.2, 0) is 13.0 Å². The molecule has 0 aliphatic carbocycles. The minimum atomic E-state index is -0.0587. The molecule has 4 rings (SSSR count). The van der Waals surface area contributed by atoms with E-state index in [0.717, 1.165) is 55.7 Å². The van der Waals surface area contributed by atoms with Crippen molar-refractivity contribution in [3.8, 4) is 5.75 Å². The molecule has 1 heterocycles. The van der Waals surface area contributed by atoms with Crippen LogP contribution in [0.3, 0.4) is 0 Å². The summed E-state index contributed by atoms with van der Waals surface area (Å²) in [5.74, 6) is 2.06. The van der Waals surface area contributed by atoms with Crippen LogP contribution in [0.4, 0.5) is 0 Å². The van der Waals surface area contributed by atoms with Crippen molar-refractivity contribution in [1.82, 2.24) is 14.9 Å². The number of rotatable bonds is 12. The first kappa shape index (κ1) is 25.8. The molecular weight excluding hydrogens is 470 g/mol. The highest BCUT2D eigenvalue weighted by atomic mass is 35.5. The Kier molecular flexibility index (Phi) is 9.01. The summed E-state index contributed by atoms with van der Waals surface area (Å²) in [5.41, 5.74) is 5.20. The number of carbonyl (C=O) groups excluding carboxylic acids is 1. The molecule has 188 valence electrons. The van der Waals surface area contributed by atoms with Gasteiger partial charge in [0.2, 0.25) is 0 Å². The van der Waals surface area contributed by atoms with E-state index in [9.17, 15) is 4.79 Å². The number of halogens is 1. The van der Waals surface area contributed by atoms with Crippen LogP contribution in [0.25, 0.3) is 11.0 Å². The van der Waals surface area contributed by atoms with E-state index in [-0.39, 0.29) is 5.91 Å². The van der Waals surface area contributed by atoms with Crippen LogP contribution in [-0.4, -0.2) is 28.6 Å². The van der Waals surface area contributed by atoms with E-state index < -0.39 is 0 Å². The molecule has 1 amide bonds. The number of fused-ring (bicyclic) bond motifs is 1. The first-order chi connectivity index (χ1) is 17.5. The number of nitrogens with one attached hydrogen (secondary N) is 1. The molecule has 1 aromatic heterocycles. The van der Waals surface area contributed by atoms with Crippen LogP contribution in [0.1, 0.15) is 53.0 Å². The van der Waals surface area contributed by atoms with E-state index in [0.29, 0.717) is 23.7 Å². The van der Waals surface area contributed by atoms with Crippen molar-refractivity contribution in [2.75, 3.05) is 13.2 Å². The summed E-state index contributed by atoms with van der Waals surface area (Å²) in [6.45, 7) is 6.39. The Labute approximate surface area is 218 Å². The van der Waals surface area contributed by atoms with Crippen molar-refractivity contribution >= 4 is 28.5 Å². The molecule has 0 fully saturated rings. The van der Waals surface area contributed by atoms with E-state index in [1.54, 1.807) is 24.3 Å². The highest BCUT2D eigenvalue weighted by molar-refractivity contribution is 6.30. The molecule has 36 heavy (non-hydrogen) atoms. The maximum atomic E-state index is 12.2. The first-order valence-electron chi connectivity index (χ1n) is 12.7. The molecule has 0 unspecified atom stereocenters. The quantitative estimate of drug-likeness (QED) is 0.213. The summed E-state index contributed by atoms with van der Waals surface area (Å²) < 4.78 is 8.46. The fourth-order valence-electron chi connectivity index (χ4n) is 4.48. The van der Waals surface area contributed by atoms with Gasteiger partial charge in [0.25, 0.3) is 5.91 Å². The van der Waals surface area contributed by atoms with Crippen molar-refractivity contribution in [2.24, 2.45) is 0 Å². The highest BCUT2D eigenvalue weighted by Gasteiger charge is 2.11. The first-order valence-corrected chi connectivity index (χ1v) is 13.1. The average Bonchev–Trinajstić information content (AvgIpc) is 3.23. The lowest BCUT2D eigenvalue weighted by molar-refractivity contribution is 0.0953. The molecule has 3 aromatic carbocycles. The van der Waals surface area contributed by atoms with Gasteiger partial charge in [0.1, 0.15) is 11.6 Å². The topological polar surface area (TPSA) is 56.1 Å². The summed E-state index contributed by atoms with van der Waals surface area (Å²) in [7, 11) is 0. The summed E-state index contributed by atoms with van der Waals surface area (Å²) in [6, 6.07) is 21.5. The fourth-order valence-corrected chi connectivity index (χ4v) is 4.61. The van der Waals surface area contributed by atoms with Gasteiger partial charge in [-0.2, -0.15) is 0 Å². The molecule has 0 atom stereocenters. The number of benzene rings is 3. The lowest BCUT2D eigenvalue weighted by Gasteiger charge is -2.13. The molecular formula is C30H34ClN3O2. The molecule has 4 aromatic rings. The Balaban J connectivity index is 1.26. The molecule has 0 radical (unpaired) electrons. The number of imidazole rings is 1. The molecule has 5 nitrogen and oxygen atoms in total. The predicted molar refractivity (Wildman–Crippen MR) is 147 cm³/mol. The molecule has 0 aliphatic rings. The monoisotopic (exact) mass is 503 g/mol. The third-order valence-electron chi connectivity index (χ3n) is 6.38. The van der Waals surface area contributed by atoms with E-state index in [1.807, 2.05) is 6.07 Å². The Bertz CT molecular complexity index is 1280. The predicted octanol–water partition coefficient (Wildman–Crippen LogP) is 6.92. The normalized spacial score (nSPS) is 11.1. The van der Waals surface area contributed by atoms with E-state index in [1.165, 1.54) is 16.6 Å². The number of ether oxygens (including phenoxy) is 1. The number of carbonyl (C=O) groups is 1. The SMILES string of the molecule is Cc1cccc(C)c1OCCCn1c(CCCCCNC(=O)c2ccc(Cl)cc2)nc2ccccc21. The number of unbranched alkanes of at least 4 members (excludes halogenated alkanes) is 2. The van der Waals surface area contributed by atoms with Gasteiger partial charge >= 0.3 is 0 Å². The number of hydrogen-bond donors (Lipinski definition) is 1. The molecule has 0 saturated carbocycles. The molecule has 0 bridgehead atoms. The van der Waals surface area contributed by atoms with E-state index >= 15 is 0 Å². The van der Waals surface area contributed by atoms with Crippen LogP contribution >= 0.6 is 11.6 Å². The van der Waals surface area contributed by atoms with Gasteiger partial charge in [-0.1, -0.05) is 48.4 Å². The molecule has 0 spiro atoms. The summed E-state index contributed by atoms with van der Waals surface area (Å²) >= 11 is 5.89. The Morgan fingerprint density at radius 2 is 1.67 bits per heavy atom. The minimum absolute atomic E-state index is 0.0587. The van der Waals surface area contributed by atoms with Crippen molar-refractivity contribution in [3.63, 3.8) is 0 Å². The Morgan fingerprint density at radius 1 is 0.917 bits per heavy atom. The zero-order valence-corrected chi connectivity index (χ0v) is 21.9. The number of aromatic nitrogens is 2. The zero-order chi connectivity index (χ0) is 25.3. The number of para-hydroxylation sites is 3. The molecule has 0 saturated heterocycles. The summed E-state index contributed by atoms with van der Waals surface area (Å²) in [5, 5.41) is 3.62. The maximum Gasteiger partial charge on any atom is 0.251 e. The smallest absolute Gasteiger partial charge is 0.251 e. The van der Waals surface area contributed by atoms with Gasteiger partial charge in [0.05, 0.1) is 17.6 Å². The van der Waals surface area contributed by atoms with Crippen LogP contribution < -0.4 is 10.1 Å². The molecule has 0 aliphatic heterocycles. The van der Waals surface area contributed by atoms with E-state index in [4.69, 9.17) is 21.3 Å². The van der Waals surface area contributed by atoms with Gasteiger partial charge in [-0.3, -0.25) is 4.79 Å². The highest BCUT2D eigenvalue weighted by Crippen LogP contribution is 2.23. The third-order valence-corrected chi connectivity index (χ3v) is 6.64. The van der Waals surface area contributed by atoms with Gasteiger partial charge in [-0.25, -0.2) is 4.98 Å². The summed E-state index contributed by atoms with van der Waals surface area (Å²) in [4.78, 5) is 17.1. The molecule has 6 heteroatoms. The second kappa shape index (κ2) is 12.6. The van der Waals surface area contributed by atoms with Crippen LogP contribution in [0.15, 0.2) is 66.7 Å². The van der Waals surface area contributed by atoms with Crippen LogP contribution in [0.2, 0.25) is 5.02 Å². The van der Waals surface area contributed by atoms with Gasteiger partial charge in [-0.05, 0) is 80.6 Å². The third kappa shape index (κ3) is 6.67. The standard InChI is InChI=1S/C30H34ClN3O2/c1-22-10-8-11-23(2)29(22)36-21-9-20-34-27-13-6-5-12-26(27)33-28(34)14-4-3-7-19-32-30(35)24-15-17-25(31)18-16-24/h5-6,8,10-13,15-18H,3-4,7,9,14,19-21H2,1-2H3,(H,32,35). The van der Waals surface area contributed by atoms with Crippen molar-refractivity contribution in [3.05, 3.63) is 94.3 Å². The van der Waals surface area contributed by atoms with Crippen molar-refractivity contribution in [1.29, 1.82) is 0 Å². The van der Waals surface area contributed by atoms with E-state index in [2.05, 4.69) is 60.1 Å². The number of aryl methyl sites for hydroxylation is 4. The van der Waals surface area contributed by atoms with Crippen LogP contribution in [0, 0.1) is 13.8 Å². The zero-order valence-electron chi connectivity index (χ0n) is 21.1. The second-order valence-corrected chi connectivity index (χ2v) is 9.60. The average molecular weight is 504 g/mol. The lowest BCUT2D eigenvalue weighted by Crippen LogP contribution is -2.24. The summed E-state index contributed by atoms with van der Waals surface area (Å²) in [6.07, 6.45) is 4.82. The fraction of sp³-hybridized carbons (Fsp3) is 0.333. The largest absolute Gasteiger partial charge is 0.493 e. The molecule has 1 N–H and O–H groups in total. The van der Waals surface area contributed by atoms with Gasteiger partial charge in [0, 0.05) is 30.1 Å². The Hall–Kier alpha value is -3.31. The number of nitrogens with zero attached hydrogens (tertiary/aromatic N) is 2.